The molecule has 0 saturated heterocycles. The summed E-state index contributed by atoms with van der Waals surface area (Å²) < 4.78 is 0. The molecule has 0 rings (SSSR count). The van der Waals surface area contributed by atoms with Crippen molar-refractivity contribution in [3.8, 4) is 0 Å². The zero-order chi connectivity index (χ0) is 12.6. The largest absolute Gasteiger partial charge is 0.343 e. The van der Waals surface area contributed by atoms with Gasteiger partial charge in [0.05, 0.1) is 0 Å². The van der Waals surface area contributed by atoms with Crippen LogP contribution in [-0.4, -0.2) is 0 Å². The molecule has 0 N–H and O–H groups in total. The van der Waals surface area contributed by atoms with Crippen LogP contribution in [0.25, 0.3) is 0 Å². The number of unbranched alkanes of at least 4 members (excludes halogenated alkanes) is 14. The second-order valence-corrected chi connectivity index (χ2v) is 5.45. The van der Waals surface area contributed by atoms with Crippen LogP contribution in [0.4, 0.5) is 0 Å². The molecule has 121 valence electrons. The zero-order valence-electron chi connectivity index (χ0n) is 14.0. The molecule has 0 aromatic rings. The molecule has 0 atom stereocenters. The van der Waals surface area contributed by atoms with Gasteiger partial charge in [-0.25, -0.2) is 0 Å². The molecule has 3 radical (unpaired) electrons. The maximum absolute atomic E-state index is 3.88. The van der Waals surface area contributed by atoms with Crippen molar-refractivity contribution in [2.24, 2.45) is 0 Å². The predicted octanol–water partition coefficient (Wildman–Crippen LogP) is 7.32. The van der Waals surface area contributed by atoms with Gasteiger partial charge >= 0.3 is 0 Å². The van der Waals surface area contributed by atoms with Crippen molar-refractivity contribution >= 4 is 0 Å². The Kier molecular flexibility index (Phi) is 58.4. The average molecular weight is 522 g/mol. The third-order valence-electron chi connectivity index (χ3n) is 3.60. The van der Waals surface area contributed by atoms with Crippen LogP contribution < -0.4 is 0 Å². The van der Waals surface area contributed by atoms with Crippen LogP contribution in [0.5, 0.6) is 0 Å². The Morgan fingerprint density at radius 3 is 0.952 bits per heavy atom. The summed E-state index contributed by atoms with van der Waals surface area (Å²) in [7, 11) is 0. The number of rotatable bonds is 14. The monoisotopic (exact) mass is 522 g/mol. The Morgan fingerprint density at radius 2 is 0.714 bits per heavy atom. The van der Waals surface area contributed by atoms with Crippen molar-refractivity contribution in [2.75, 3.05) is 0 Å². The second-order valence-electron chi connectivity index (χ2n) is 5.45. The van der Waals surface area contributed by atoms with E-state index in [2.05, 4.69) is 13.8 Å². The minimum absolute atomic E-state index is 0. The molecule has 3 heteroatoms. The smallest absolute Gasteiger partial charge is 0 e. The first-order valence-corrected chi connectivity index (χ1v) is 8.21. The quantitative estimate of drug-likeness (QED) is 0.166. The Hall–Kier alpha value is 3.31. The summed E-state index contributed by atoms with van der Waals surface area (Å²) in [6.45, 7) is 6.17. The van der Waals surface area contributed by atoms with Gasteiger partial charge in [0.25, 0.3) is 0 Å². The van der Waals surface area contributed by atoms with E-state index < -0.39 is 0 Å². The van der Waals surface area contributed by atoms with Crippen molar-refractivity contribution in [3.63, 3.8) is 0 Å². The molecule has 0 unspecified atom stereocenters. The Balaban J connectivity index is -0.000000213. The number of hydrogen-bond acceptors (Lipinski definition) is 0. The molecule has 0 aromatic carbocycles. The zero-order valence-corrected chi connectivity index (χ0v) is 22.6. The van der Waals surface area contributed by atoms with E-state index in [1.807, 2.05) is 0 Å². The summed E-state index contributed by atoms with van der Waals surface area (Å²) in [5.41, 5.74) is 0. The fourth-order valence-electron chi connectivity index (χ4n) is 2.37. The van der Waals surface area contributed by atoms with Crippen LogP contribution in [0, 0.1) is 6.92 Å². The first kappa shape index (κ1) is 35.4. The first-order valence-electron chi connectivity index (χ1n) is 8.21. The summed E-state index contributed by atoms with van der Waals surface area (Å²) in [4.78, 5) is 0. The van der Waals surface area contributed by atoms with Gasteiger partial charge in [-0.2, -0.15) is 6.42 Å². The fourth-order valence-corrected chi connectivity index (χ4v) is 2.37. The van der Waals surface area contributed by atoms with E-state index >= 15 is 0 Å². The summed E-state index contributed by atoms with van der Waals surface area (Å²) in [6.07, 6.45) is 21.3. The van der Waals surface area contributed by atoms with Crippen LogP contribution in [0.3, 0.4) is 0 Å². The van der Waals surface area contributed by atoms with Gasteiger partial charge < -0.3 is 6.92 Å². The van der Waals surface area contributed by atoms with Crippen LogP contribution in [0.1, 0.15) is 111 Å². The summed E-state index contributed by atoms with van der Waals surface area (Å²) in [5, 5.41) is 0. The first-order chi connectivity index (χ1) is 8.41. The van der Waals surface area contributed by atoms with Gasteiger partial charge in [-0.3, -0.25) is 0 Å². The van der Waals surface area contributed by atoms with Crippen molar-refractivity contribution < 1.29 is 98.1 Å². The van der Waals surface area contributed by atoms with Gasteiger partial charge in [0.15, 0.2) is 0 Å². The van der Waals surface area contributed by atoms with E-state index in [4.69, 9.17) is 0 Å². The standard InChI is InChI=1S/C17H35.CH4.3Y/c1-3-5-7-9-11-13-15-17-16-14-12-10-8-6-4-2;;;;/h1,3-17H2,2H3;1H4;;;/q-1;;;;. The van der Waals surface area contributed by atoms with Gasteiger partial charge in [-0.1, -0.05) is 104 Å². The molecule has 21 heavy (non-hydrogen) atoms. The minimum atomic E-state index is 0. The van der Waals surface area contributed by atoms with Gasteiger partial charge in [-0.05, 0) is 0 Å². The fraction of sp³-hybridized carbons (Fsp3) is 0.944. The Labute approximate surface area is 212 Å². The van der Waals surface area contributed by atoms with E-state index in [0.29, 0.717) is 0 Å². The topological polar surface area (TPSA) is 0 Å². The van der Waals surface area contributed by atoms with Gasteiger partial charge in [-0.15, -0.1) is 0 Å². The van der Waals surface area contributed by atoms with Crippen LogP contribution in [-0.2, 0) is 98.1 Å². The van der Waals surface area contributed by atoms with E-state index in [1.165, 1.54) is 89.9 Å². The molecule has 0 saturated carbocycles. The third-order valence-corrected chi connectivity index (χ3v) is 3.60. The van der Waals surface area contributed by atoms with Gasteiger partial charge in [0.1, 0.15) is 0 Å². The Morgan fingerprint density at radius 1 is 0.476 bits per heavy atom. The van der Waals surface area contributed by atoms with E-state index in [1.54, 1.807) is 0 Å². The molecule has 0 nitrogen and oxygen atoms in total. The van der Waals surface area contributed by atoms with E-state index in [-0.39, 0.29) is 106 Å². The van der Waals surface area contributed by atoms with Crippen LogP contribution in [0.15, 0.2) is 0 Å². The second kappa shape index (κ2) is 34.6. The summed E-state index contributed by atoms with van der Waals surface area (Å²) in [6, 6.07) is 0. The molecule has 0 aromatic heterocycles. The van der Waals surface area contributed by atoms with Crippen molar-refractivity contribution in [3.05, 3.63) is 6.92 Å². The van der Waals surface area contributed by atoms with Crippen molar-refractivity contribution in [1.29, 1.82) is 0 Å². The molecule has 0 amide bonds. The SMILES string of the molecule is C.[CH2-]CCCCCCCCCCCCCCCC.[Y].[Y].[Y]. The maximum atomic E-state index is 3.88. The molecular formula is C18H39Y3-. The van der Waals surface area contributed by atoms with E-state index in [0.717, 1.165) is 6.42 Å². The third kappa shape index (κ3) is 35.3. The van der Waals surface area contributed by atoms with Gasteiger partial charge in [0, 0.05) is 98.1 Å². The molecule has 0 fully saturated rings. The average Bonchev–Trinajstić information content (AvgIpc) is 2.35. The van der Waals surface area contributed by atoms with Crippen molar-refractivity contribution in [1.82, 2.24) is 0 Å². The molecule has 0 spiro atoms. The molecular weight excluding hydrogens is 483 g/mol. The molecule has 0 heterocycles. The molecule has 0 bridgehead atoms. The minimum Gasteiger partial charge on any atom is -0.343 e. The number of hydrogen-bond donors (Lipinski definition) is 0. The maximum Gasteiger partial charge on any atom is 0 e. The predicted molar refractivity (Wildman–Crippen MR) is 87.0 cm³/mol. The molecule has 0 aliphatic heterocycles. The van der Waals surface area contributed by atoms with Gasteiger partial charge in [0.2, 0.25) is 0 Å². The molecule has 0 aliphatic carbocycles. The van der Waals surface area contributed by atoms with E-state index in [9.17, 15) is 0 Å². The molecule has 0 aliphatic rings. The van der Waals surface area contributed by atoms with Crippen LogP contribution >= 0.6 is 0 Å². The van der Waals surface area contributed by atoms with Crippen molar-refractivity contribution in [2.45, 2.75) is 111 Å². The normalized spacial score (nSPS) is 8.86. The van der Waals surface area contributed by atoms with Crippen LogP contribution in [0.2, 0.25) is 0 Å². The summed E-state index contributed by atoms with van der Waals surface area (Å²) >= 11 is 0. The Bertz CT molecular complexity index is 116. The summed E-state index contributed by atoms with van der Waals surface area (Å²) in [5.74, 6) is 0.